The molecule has 1 heterocycles. The van der Waals surface area contributed by atoms with Crippen LogP contribution >= 0.6 is 11.8 Å². The lowest BCUT2D eigenvalue weighted by molar-refractivity contribution is -0.115. The van der Waals surface area contributed by atoms with Crippen LogP contribution in [-0.4, -0.2) is 17.2 Å². The van der Waals surface area contributed by atoms with Crippen LogP contribution in [0.5, 0.6) is 0 Å². The van der Waals surface area contributed by atoms with Crippen molar-refractivity contribution in [3.05, 3.63) is 18.2 Å². The smallest absolute Gasteiger partial charge is 0.237 e. The van der Waals surface area contributed by atoms with Crippen molar-refractivity contribution in [2.75, 3.05) is 10.6 Å². The maximum atomic E-state index is 11.5. The molecular formula is C12H16N2OS. The third-order valence-corrected chi connectivity index (χ3v) is 3.54. The van der Waals surface area contributed by atoms with Gasteiger partial charge in [-0.25, -0.2) is 0 Å². The second kappa shape index (κ2) is 4.37. The molecule has 1 atom stereocenters. The monoisotopic (exact) mass is 236 g/mol. The molecule has 1 aliphatic heterocycles. The van der Waals surface area contributed by atoms with E-state index >= 15 is 0 Å². The Kier molecular flexibility index (Phi) is 3.10. The number of nitrogens with one attached hydrogen (secondary N) is 2. The van der Waals surface area contributed by atoms with E-state index in [1.165, 1.54) is 0 Å². The second-order valence-electron chi connectivity index (χ2n) is 4.26. The standard InChI is InChI=1S/C12H16N2OS/c1-7(2)13-9-4-5-11-10(6-9)14-12(15)8(3)16-11/h4-8,13H,1-3H3,(H,14,15). The highest BCUT2D eigenvalue weighted by atomic mass is 32.2. The summed E-state index contributed by atoms with van der Waals surface area (Å²) >= 11 is 1.61. The number of amides is 1. The lowest BCUT2D eigenvalue weighted by Crippen LogP contribution is -2.26. The summed E-state index contributed by atoms with van der Waals surface area (Å²) in [5.74, 6) is 0.0826. The van der Waals surface area contributed by atoms with Gasteiger partial charge in [0, 0.05) is 16.6 Å². The normalized spacial score (nSPS) is 19.2. The van der Waals surface area contributed by atoms with Crippen LogP contribution in [0.15, 0.2) is 23.1 Å². The van der Waals surface area contributed by atoms with Gasteiger partial charge in [-0.05, 0) is 39.0 Å². The molecule has 0 spiro atoms. The first-order valence-corrected chi connectivity index (χ1v) is 6.32. The number of fused-ring (bicyclic) bond motifs is 1. The first kappa shape index (κ1) is 11.3. The number of carbonyl (C=O) groups excluding carboxylic acids is 1. The Morgan fingerprint density at radius 2 is 2.19 bits per heavy atom. The predicted molar refractivity (Wildman–Crippen MR) is 69.1 cm³/mol. The number of rotatable bonds is 2. The maximum absolute atomic E-state index is 11.5. The molecule has 0 bridgehead atoms. The minimum Gasteiger partial charge on any atom is -0.383 e. The molecule has 0 saturated carbocycles. The fourth-order valence-corrected chi connectivity index (χ4v) is 2.56. The molecule has 0 fully saturated rings. The van der Waals surface area contributed by atoms with Gasteiger partial charge < -0.3 is 10.6 Å². The summed E-state index contributed by atoms with van der Waals surface area (Å²) in [6.45, 7) is 6.10. The van der Waals surface area contributed by atoms with Gasteiger partial charge in [-0.1, -0.05) is 0 Å². The van der Waals surface area contributed by atoms with Crippen LogP contribution in [0.1, 0.15) is 20.8 Å². The van der Waals surface area contributed by atoms with Crippen LogP contribution in [0.4, 0.5) is 11.4 Å². The highest BCUT2D eigenvalue weighted by Gasteiger charge is 2.22. The molecule has 1 amide bonds. The van der Waals surface area contributed by atoms with Crippen molar-refractivity contribution in [2.45, 2.75) is 37.0 Å². The van der Waals surface area contributed by atoms with Crippen LogP contribution in [0.2, 0.25) is 0 Å². The van der Waals surface area contributed by atoms with E-state index in [0.29, 0.717) is 6.04 Å². The molecular weight excluding hydrogens is 220 g/mol. The van der Waals surface area contributed by atoms with E-state index in [4.69, 9.17) is 0 Å². The van der Waals surface area contributed by atoms with E-state index in [2.05, 4.69) is 36.6 Å². The highest BCUT2D eigenvalue weighted by molar-refractivity contribution is 8.00. The Morgan fingerprint density at radius 3 is 2.88 bits per heavy atom. The van der Waals surface area contributed by atoms with E-state index in [1.807, 2.05) is 13.0 Å². The Morgan fingerprint density at radius 1 is 1.44 bits per heavy atom. The molecule has 2 N–H and O–H groups in total. The molecule has 1 aliphatic rings. The molecule has 3 nitrogen and oxygen atoms in total. The first-order chi connectivity index (χ1) is 7.56. The molecule has 0 aliphatic carbocycles. The van der Waals surface area contributed by atoms with Crippen molar-refractivity contribution in [2.24, 2.45) is 0 Å². The lowest BCUT2D eigenvalue weighted by Gasteiger charge is -2.22. The Labute approximate surface area is 100.0 Å². The molecule has 16 heavy (non-hydrogen) atoms. The zero-order valence-electron chi connectivity index (χ0n) is 9.70. The zero-order valence-corrected chi connectivity index (χ0v) is 10.5. The quantitative estimate of drug-likeness (QED) is 0.829. The van der Waals surface area contributed by atoms with Crippen molar-refractivity contribution >= 4 is 29.0 Å². The molecule has 1 aromatic rings. The highest BCUT2D eigenvalue weighted by Crippen LogP contribution is 2.36. The van der Waals surface area contributed by atoms with Gasteiger partial charge in [-0.2, -0.15) is 0 Å². The number of carbonyl (C=O) groups is 1. The average Bonchev–Trinajstić information content (AvgIpc) is 2.19. The summed E-state index contributed by atoms with van der Waals surface area (Å²) < 4.78 is 0. The van der Waals surface area contributed by atoms with Crippen LogP contribution in [-0.2, 0) is 4.79 Å². The molecule has 86 valence electrons. The Hall–Kier alpha value is -1.16. The van der Waals surface area contributed by atoms with Gasteiger partial charge in [0.2, 0.25) is 5.91 Å². The largest absolute Gasteiger partial charge is 0.383 e. The molecule has 0 saturated heterocycles. The minimum absolute atomic E-state index is 0.00333. The van der Waals surface area contributed by atoms with Crippen LogP contribution in [0.3, 0.4) is 0 Å². The predicted octanol–water partition coefficient (Wildman–Crippen LogP) is 2.94. The van der Waals surface area contributed by atoms with Crippen molar-refractivity contribution in [3.8, 4) is 0 Å². The maximum Gasteiger partial charge on any atom is 0.237 e. The summed E-state index contributed by atoms with van der Waals surface area (Å²) in [5, 5.41) is 6.24. The number of hydrogen-bond acceptors (Lipinski definition) is 3. The third kappa shape index (κ3) is 2.32. The van der Waals surface area contributed by atoms with Crippen molar-refractivity contribution in [3.63, 3.8) is 0 Å². The van der Waals surface area contributed by atoms with Crippen molar-refractivity contribution in [1.29, 1.82) is 0 Å². The summed E-state index contributed by atoms with van der Waals surface area (Å²) in [6.07, 6.45) is 0. The topological polar surface area (TPSA) is 41.1 Å². The van der Waals surface area contributed by atoms with E-state index in [9.17, 15) is 4.79 Å². The lowest BCUT2D eigenvalue weighted by atomic mass is 10.2. The molecule has 4 heteroatoms. The van der Waals surface area contributed by atoms with Gasteiger partial charge in [-0.3, -0.25) is 4.79 Å². The fourth-order valence-electron chi connectivity index (χ4n) is 1.63. The Bertz CT molecular complexity index is 417. The number of anilines is 2. The fraction of sp³-hybridized carbons (Fsp3) is 0.417. The van der Waals surface area contributed by atoms with Crippen molar-refractivity contribution < 1.29 is 4.79 Å². The number of thioether (sulfide) groups is 1. The zero-order chi connectivity index (χ0) is 11.7. The minimum atomic E-state index is -0.00333. The number of hydrogen-bond donors (Lipinski definition) is 2. The van der Waals surface area contributed by atoms with Gasteiger partial charge in [-0.15, -0.1) is 11.8 Å². The van der Waals surface area contributed by atoms with Gasteiger partial charge in [0.25, 0.3) is 0 Å². The molecule has 1 unspecified atom stereocenters. The van der Waals surface area contributed by atoms with E-state index in [1.54, 1.807) is 11.8 Å². The van der Waals surface area contributed by atoms with E-state index in [-0.39, 0.29) is 11.2 Å². The molecule has 0 aromatic heterocycles. The van der Waals surface area contributed by atoms with E-state index in [0.717, 1.165) is 16.3 Å². The van der Waals surface area contributed by atoms with Crippen LogP contribution < -0.4 is 10.6 Å². The van der Waals surface area contributed by atoms with Gasteiger partial charge in [0.05, 0.1) is 10.9 Å². The first-order valence-electron chi connectivity index (χ1n) is 5.44. The molecule has 0 radical (unpaired) electrons. The van der Waals surface area contributed by atoms with Gasteiger partial charge in [0.1, 0.15) is 0 Å². The van der Waals surface area contributed by atoms with Crippen LogP contribution in [0.25, 0.3) is 0 Å². The average molecular weight is 236 g/mol. The summed E-state index contributed by atoms with van der Waals surface area (Å²) in [6, 6.07) is 6.49. The van der Waals surface area contributed by atoms with Gasteiger partial charge in [0.15, 0.2) is 0 Å². The van der Waals surface area contributed by atoms with Crippen molar-refractivity contribution in [1.82, 2.24) is 0 Å². The third-order valence-electron chi connectivity index (χ3n) is 2.37. The molecule has 2 rings (SSSR count). The summed E-state index contributed by atoms with van der Waals surface area (Å²) in [7, 11) is 0. The number of benzene rings is 1. The second-order valence-corrected chi connectivity index (χ2v) is 5.64. The Balaban J connectivity index is 2.25. The molecule has 1 aromatic carbocycles. The van der Waals surface area contributed by atoms with E-state index < -0.39 is 0 Å². The SMILES string of the molecule is CC(C)Nc1ccc2c(c1)NC(=O)C(C)S2. The van der Waals surface area contributed by atoms with Gasteiger partial charge >= 0.3 is 0 Å². The summed E-state index contributed by atoms with van der Waals surface area (Å²) in [4.78, 5) is 12.7. The van der Waals surface area contributed by atoms with Crippen LogP contribution in [0, 0.1) is 0 Å². The summed E-state index contributed by atoms with van der Waals surface area (Å²) in [5.41, 5.74) is 1.96.